The van der Waals surface area contributed by atoms with Crippen molar-refractivity contribution in [1.29, 1.82) is 0 Å². The van der Waals surface area contributed by atoms with Crippen molar-refractivity contribution in [3.8, 4) is 0 Å². The lowest BCUT2D eigenvalue weighted by Gasteiger charge is -2.40. The SMILES string of the molecule is COCCC(C)(C)CNC(=O)C1(CN)CCC1. The first-order chi connectivity index (χ1) is 7.96. The summed E-state index contributed by atoms with van der Waals surface area (Å²) in [6.45, 7) is 6.17. The van der Waals surface area contributed by atoms with E-state index in [-0.39, 0.29) is 16.7 Å². The highest BCUT2D eigenvalue weighted by molar-refractivity contribution is 5.83. The van der Waals surface area contributed by atoms with E-state index >= 15 is 0 Å². The van der Waals surface area contributed by atoms with Gasteiger partial charge in [0.2, 0.25) is 5.91 Å². The van der Waals surface area contributed by atoms with Crippen molar-refractivity contribution in [2.24, 2.45) is 16.6 Å². The van der Waals surface area contributed by atoms with Crippen LogP contribution < -0.4 is 11.1 Å². The molecule has 1 fully saturated rings. The average molecular weight is 242 g/mol. The number of amides is 1. The lowest BCUT2D eigenvalue weighted by Crippen LogP contribution is -2.51. The van der Waals surface area contributed by atoms with Gasteiger partial charge in [-0.2, -0.15) is 0 Å². The minimum absolute atomic E-state index is 0.0746. The molecule has 0 saturated heterocycles. The van der Waals surface area contributed by atoms with Gasteiger partial charge in [-0.3, -0.25) is 4.79 Å². The number of nitrogens with one attached hydrogen (secondary N) is 1. The van der Waals surface area contributed by atoms with Crippen LogP contribution in [0.15, 0.2) is 0 Å². The summed E-state index contributed by atoms with van der Waals surface area (Å²) >= 11 is 0. The highest BCUT2D eigenvalue weighted by Gasteiger charge is 2.42. The van der Waals surface area contributed by atoms with E-state index in [4.69, 9.17) is 10.5 Å². The fourth-order valence-electron chi connectivity index (χ4n) is 2.10. The highest BCUT2D eigenvalue weighted by Crippen LogP contribution is 2.40. The minimum Gasteiger partial charge on any atom is -0.385 e. The smallest absolute Gasteiger partial charge is 0.227 e. The molecule has 0 aromatic heterocycles. The molecule has 0 bridgehead atoms. The van der Waals surface area contributed by atoms with Crippen LogP contribution in [0, 0.1) is 10.8 Å². The zero-order valence-electron chi connectivity index (χ0n) is 11.3. The molecule has 1 rings (SSSR count). The number of hydrogen-bond acceptors (Lipinski definition) is 3. The maximum Gasteiger partial charge on any atom is 0.227 e. The molecular formula is C13H26N2O2. The van der Waals surface area contributed by atoms with Gasteiger partial charge in [0.1, 0.15) is 0 Å². The number of rotatable bonds is 7. The predicted molar refractivity (Wildman–Crippen MR) is 68.6 cm³/mol. The molecule has 0 heterocycles. The molecule has 0 aromatic rings. The number of nitrogens with two attached hydrogens (primary N) is 1. The van der Waals surface area contributed by atoms with Gasteiger partial charge in [-0.05, 0) is 24.7 Å². The molecule has 1 amide bonds. The summed E-state index contributed by atoms with van der Waals surface area (Å²) < 4.78 is 5.07. The molecule has 4 heteroatoms. The first-order valence-corrected chi connectivity index (χ1v) is 6.43. The summed E-state index contributed by atoms with van der Waals surface area (Å²) in [5, 5.41) is 3.05. The number of carbonyl (C=O) groups excluding carboxylic acids is 1. The lowest BCUT2D eigenvalue weighted by molar-refractivity contribution is -0.135. The van der Waals surface area contributed by atoms with E-state index in [9.17, 15) is 4.79 Å². The first-order valence-electron chi connectivity index (χ1n) is 6.43. The monoisotopic (exact) mass is 242 g/mol. The normalized spacial score (nSPS) is 18.6. The Morgan fingerprint density at radius 3 is 2.53 bits per heavy atom. The Morgan fingerprint density at radius 2 is 2.12 bits per heavy atom. The van der Waals surface area contributed by atoms with E-state index in [2.05, 4.69) is 19.2 Å². The van der Waals surface area contributed by atoms with Gasteiger partial charge in [0.05, 0.1) is 5.41 Å². The zero-order valence-corrected chi connectivity index (χ0v) is 11.3. The van der Waals surface area contributed by atoms with Crippen LogP contribution in [0.25, 0.3) is 0 Å². The maximum absolute atomic E-state index is 12.1. The van der Waals surface area contributed by atoms with Crippen LogP contribution in [-0.4, -0.2) is 32.7 Å². The van der Waals surface area contributed by atoms with Crippen molar-refractivity contribution < 1.29 is 9.53 Å². The van der Waals surface area contributed by atoms with Crippen LogP contribution >= 0.6 is 0 Å². The third-order valence-electron chi connectivity index (χ3n) is 3.89. The quantitative estimate of drug-likeness (QED) is 0.707. The lowest BCUT2D eigenvalue weighted by atomic mass is 9.68. The highest BCUT2D eigenvalue weighted by atomic mass is 16.5. The van der Waals surface area contributed by atoms with E-state index in [0.717, 1.165) is 32.3 Å². The molecule has 0 unspecified atom stereocenters. The molecule has 0 aromatic carbocycles. The predicted octanol–water partition coefficient (Wildman–Crippen LogP) is 1.29. The topological polar surface area (TPSA) is 64.3 Å². The van der Waals surface area contributed by atoms with Gasteiger partial charge in [-0.15, -0.1) is 0 Å². The van der Waals surface area contributed by atoms with Crippen LogP contribution in [-0.2, 0) is 9.53 Å². The molecule has 1 aliphatic carbocycles. The fraction of sp³-hybridized carbons (Fsp3) is 0.923. The third-order valence-corrected chi connectivity index (χ3v) is 3.89. The van der Waals surface area contributed by atoms with Crippen molar-refractivity contribution in [2.75, 3.05) is 26.8 Å². The molecule has 0 aliphatic heterocycles. The Morgan fingerprint density at radius 1 is 1.47 bits per heavy atom. The molecule has 0 atom stereocenters. The molecule has 17 heavy (non-hydrogen) atoms. The number of carbonyl (C=O) groups is 1. The van der Waals surface area contributed by atoms with Gasteiger partial charge in [-0.25, -0.2) is 0 Å². The standard InChI is InChI=1S/C13H26N2O2/c1-12(2,7-8-17-3)10-15-11(16)13(9-14)5-4-6-13/h4-10,14H2,1-3H3,(H,15,16). The van der Waals surface area contributed by atoms with Crippen molar-refractivity contribution in [1.82, 2.24) is 5.32 Å². The first kappa shape index (κ1) is 14.5. The average Bonchev–Trinajstić information content (AvgIpc) is 2.23. The third kappa shape index (κ3) is 3.68. The Kier molecular flexibility index (Phi) is 4.95. The Hall–Kier alpha value is -0.610. The Balaban J connectivity index is 2.36. The molecule has 1 saturated carbocycles. The van der Waals surface area contributed by atoms with Gasteiger partial charge in [0, 0.05) is 26.8 Å². The van der Waals surface area contributed by atoms with Crippen LogP contribution in [0.2, 0.25) is 0 Å². The zero-order chi connectivity index (χ0) is 12.9. The largest absolute Gasteiger partial charge is 0.385 e. The van der Waals surface area contributed by atoms with Crippen LogP contribution in [0.1, 0.15) is 39.5 Å². The molecular weight excluding hydrogens is 216 g/mol. The molecule has 100 valence electrons. The summed E-state index contributed by atoms with van der Waals surface area (Å²) in [6, 6.07) is 0. The molecule has 3 N–H and O–H groups in total. The van der Waals surface area contributed by atoms with Crippen LogP contribution in [0.4, 0.5) is 0 Å². The van der Waals surface area contributed by atoms with Gasteiger partial charge in [0.25, 0.3) is 0 Å². The van der Waals surface area contributed by atoms with Crippen LogP contribution in [0.5, 0.6) is 0 Å². The van der Waals surface area contributed by atoms with E-state index in [1.807, 2.05) is 0 Å². The number of methoxy groups -OCH3 is 1. The summed E-state index contributed by atoms with van der Waals surface area (Å²) in [4.78, 5) is 12.1. The van der Waals surface area contributed by atoms with E-state index < -0.39 is 0 Å². The van der Waals surface area contributed by atoms with Crippen molar-refractivity contribution in [2.45, 2.75) is 39.5 Å². The Labute approximate surface area is 104 Å². The van der Waals surface area contributed by atoms with Gasteiger partial charge < -0.3 is 15.8 Å². The van der Waals surface area contributed by atoms with Gasteiger partial charge in [0.15, 0.2) is 0 Å². The second kappa shape index (κ2) is 5.83. The summed E-state index contributed by atoms with van der Waals surface area (Å²) in [6.07, 6.45) is 3.94. The molecule has 1 aliphatic rings. The minimum atomic E-state index is -0.267. The summed E-state index contributed by atoms with van der Waals surface area (Å²) in [5.41, 5.74) is 5.52. The van der Waals surface area contributed by atoms with Gasteiger partial charge in [-0.1, -0.05) is 20.3 Å². The molecule has 0 spiro atoms. The van der Waals surface area contributed by atoms with Crippen molar-refractivity contribution in [3.05, 3.63) is 0 Å². The van der Waals surface area contributed by atoms with E-state index in [1.54, 1.807) is 7.11 Å². The second-order valence-electron chi connectivity index (χ2n) is 5.93. The number of hydrogen-bond donors (Lipinski definition) is 2. The summed E-state index contributed by atoms with van der Waals surface area (Å²) in [5.74, 6) is 0.136. The van der Waals surface area contributed by atoms with E-state index in [0.29, 0.717) is 13.1 Å². The van der Waals surface area contributed by atoms with Crippen molar-refractivity contribution in [3.63, 3.8) is 0 Å². The second-order valence-corrected chi connectivity index (χ2v) is 5.93. The molecule has 0 radical (unpaired) electrons. The van der Waals surface area contributed by atoms with Crippen LogP contribution in [0.3, 0.4) is 0 Å². The Bertz CT molecular complexity index is 255. The van der Waals surface area contributed by atoms with Gasteiger partial charge >= 0.3 is 0 Å². The molecule has 4 nitrogen and oxygen atoms in total. The maximum atomic E-state index is 12.1. The fourth-order valence-corrected chi connectivity index (χ4v) is 2.10. The van der Waals surface area contributed by atoms with Crippen molar-refractivity contribution >= 4 is 5.91 Å². The number of ether oxygens (including phenoxy) is 1. The summed E-state index contributed by atoms with van der Waals surface area (Å²) in [7, 11) is 1.70. The van der Waals surface area contributed by atoms with E-state index in [1.165, 1.54) is 0 Å².